The van der Waals surface area contributed by atoms with Crippen LogP contribution >= 0.6 is 0 Å². The monoisotopic (exact) mass is 403 g/mol. The van der Waals surface area contributed by atoms with E-state index in [9.17, 15) is 20.6 Å². The van der Waals surface area contributed by atoms with Crippen molar-refractivity contribution < 1.29 is 14.4 Å². The van der Waals surface area contributed by atoms with Crippen LogP contribution < -0.4 is 15.2 Å². The van der Waals surface area contributed by atoms with Crippen LogP contribution in [-0.2, 0) is 0 Å². The Kier molecular flexibility index (Phi) is 5.14. The summed E-state index contributed by atoms with van der Waals surface area (Å²) in [6, 6.07) is 6.91. The number of aromatic nitrogens is 1. The van der Waals surface area contributed by atoms with E-state index in [0.717, 1.165) is 0 Å². The van der Waals surface area contributed by atoms with Crippen LogP contribution in [0.1, 0.15) is 34.9 Å². The molecule has 0 spiro atoms. The summed E-state index contributed by atoms with van der Waals surface area (Å²) in [5.41, 5.74) is 9.07. The third-order valence-corrected chi connectivity index (χ3v) is 5.01. The lowest BCUT2D eigenvalue weighted by Crippen LogP contribution is -2.04. The summed E-state index contributed by atoms with van der Waals surface area (Å²) < 4.78 is 10.4. The molecule has 0 bridgehead atoms. The number of benzene rings is 1. The van der Waals surface area contributed by atoms with Crippen LogP contribution in [0.3, 0.4) is 0 Å². The van der Waals surface area contributed by atoms with E-state index in [1.807, 2.05) is 6.07 Å². The van der Waals surface area contributed by atoms with Gasteiger partial charge in [-0.25, -0.2) is 4.98 Å². The van der Waals surface area contributed by atoms with Crippen molar-refractivity contribution >= 4 is 28.7 Å². The molecule has 1 aliphatic rings. The highest BCUT2D eigenvalue weighted by molar-refractivity contribution is 6.09. The Bertz CT molecular complexity index is 1250. The van der Waals surface area contributed by atoms with Gasteiger partial charge in [-0.2, -0.15) is 10.5 Å². The zero-order valence-electron chi connectivity index (χ0n) is 16.7. The molecular weight excluding hydrogens is 386 g/mol. The van der Waals surface area contributed by atoms with Crippen molar-refractivity contribution in [3.05, 3.63) is 55.8 Å². The summed E-state index contributed by atoms with van der Waals surface area (Å²) in [6.07, 6.45) is 1.59. The number of nitrogen functional groups attached to an aromatic ring is 1. The lowest BCUT2D eigenvalue weighted by molar-refractivity contribution is -0.385. The number of pyridine rings is 1. The van der Waals surface area contributed by atoms with Gasteiger partial charge in [0.25, 0.3) is 5.69 Å². The summed E-state index contributed by atoms with van der Waals surface area (Å²) in [5.74, 6) is 0.577. The maximum Gasteiger partial charge on any atom is 0.280 e. The van der Waals surface area contributed by atoms with Crippen LogP contribution in [0.2, 0.25) is 0 Å². The number of nitriles is 2. The number of nitro groups is 1. The van der Waals surface area contributed by atoms with E-state index in [2.05, 4.69) is 11.1 Å². The first-order valence-electron chi connectivity index (χ1n) is 8.73. The lowest BCUT2D eigenvalue weighted by Gasteiger charge is -2.12. The van der Waals surface area contributed by atoms with Gasteiger partial charge < -0.3 is 15.2 Å². The average Bonchev–Trinajstić information content (AvgIpc) is 2.98. The molecule has 0 atom stereocenters. The number of nitrogens with zero attached hydrogens (tertiary/aromatic N) is 4. The van der Waals surface area contributed by atoms with Crippen LogP contribution in [0.5, 0.6) is 11.5 Å². The second-order valence-corrected chi connectivity index (χ2v) is 6.53. The third kappa shape index (κ3) is 2.99. The van der Waals surface area contributed by atoms with Crippen molar-refractivity contribution in [1.82, 2.24) is 4.98 Å². The third-order valence-electron chi connectivity index (χ3n) is 5.01. The SMILES string of the molecule is COc1cc(C=C2C(C)=C(C#N)c3nc(N)c(C#N)c(C)c32)c([N+](=O)[O-])cc1OC. The number of allylic oxidation sites excluding steroid dienone is 3. The highest BCUT2D eigenvalue weighted by Gasteiger charge is 2.30. The normalized spacial score (nSPS) is 13.6. The number of hydrogen-bond acceptors (Lipinski definition) is 8. The van der Waals surface area contributed by atoms with Gasteiger partial charge in [-0.05, 0) is 42.7 Å². The van der Waals surface area contributed by atoms with Gasteiger partial charge in [-0.15, -0.1) is 0 Å². The van der Waals surface area contributed by atoms with Crippen molar-refractivity contribution in [2.24, 2.45) is 0 Å². The first-order valence-corrected chi connectivity index (χ1v) is 8.73. The van der Waals surface area contributed by atoms with Gasteiger partial charge in [0.15, 0.2) is 11.5 Å². The number of rotatable bonds is 4. The summed E-state index contributed by atoms with van der Waals surface area (Å²) in [4.78, 5) is 15.4. The fraction of sp³-hybridized carbons (Fsp3) is 0.190. The molecule has 150 valence electrons. The molecule has 0 radical (unpaired) electrons. The molecule has 3 rings (SSSR count). The molecule has 0 amide bonds. The first-order chi connectivity index (χ1) is 14.3. The van der Waals surface area contributed by atoms with Crippen molar-refractivity contribution in [2.75, 3.05) is 20.0 Å². The predicted molar refractivity (Wildman–Crippen MR) is 110 cm³/mol. The highest BCUT2D eigenvalue weighted by atomic mass is 16.6. The number of ether oxygens (including phenoxy) is 2. The minimum atomic E-state index is -0.525. The fourth-order valence-electron chi connectivity index (χ4n) is 3.51. The Hall–Kier alpha value is -4.37. The molecule has 0 aliphatic heterocycles. The topological polar surface area (TPSA) is 148 Å². The molecule has 1 aliphatic carbocycles. The first kappa shape index (κ1) is 20.4. The molecule has 0 unspecified atom stereocenters. The molecule has 1 aromatic heterocycles. The zero-order valence-corrected chi connectivity index (χ0v) is 16.7. The van der Waals surface area contributed by atoms with E-state index in [4.69, 9.17) is 15.2 Å². The summed E-state index contributed by atoms with van der Waals surface area (Å²) in [5, 5.41) is 30.8. The molecule has 0 fully saturated rings. The number of nitrogens with two attached hydrogens (primary N) is 1. The second-order valence-electron chi connectivity index (χ2n) is 6.53. The van der Waals surface area contributed by atoms with Crippen LogP contribution in [0.15, 0.2) is 17.7 Å². The van der Waals surface area contributed by atoms with Crippen molar-refractivity contribution in [3.63, 3.8) is 0 Å². The highest BCUT2D eigenvalue weighted by Crippen LogP contribution is 2.45. The predicted octanol–water partition coefficient (Wildman–Crippen LogP) is 3.62. The van der Waals surface area contributed by atoms with E-state index in [1.54, 1.807) is 19.9 Å². The van der Waals surface area contributed by atoms with Gasteiger partial charge in [0, 0.05) is 5.56 Å². The Morgan fingerprint density at radius 1 is 1.17 bits per heavy atom. The molecule has 0 saturated carbocycles. The minimum absolute atomic E-state index is 0.0349. The Morgan fingerprint density at radius 3 is 2.33 bits per heavy atom. The summed E-state index contributed by atoms with van der Waals surface area (Å²) in [6.45, 7) is 3.43. The summed E-state index contributed by atoms with van der Waals surface area (Å²) in [7, 11) is 2.82. The number of hydrogen-bond donors (Lipinski definition) is 1. The van der Waals surface area contributed by atoms with Crippen molar-refractivity contribution in [2.45, 2.75) is 13.8 Å². The molecule has 2 N–H and O–H groups in total. The Labute approximate surface area is 172 Å². The number of methoxy groups -OCH3 is 2. The lowest BCUT2D eigenvalue weighted by atomic mass is 9.95. The molecule has 0 saturated heterocycles. The van der Waals surface area contributed by atoms with Gasteiger partial charge in [-0.3, -0.25) is 10.1 Å². The standard InChI is InChI=1S/C21H17N5O4/c1-10-13(5-12-6-17(29-3)18(30-4)7-16(12)26(27)28)19-11(2)15(9-23)21(24)25-20(19)14(10)8-22/h5-7H,1-4H3,(H2,24,25). The second kappa shape index (κ2) is 7.57. The van der Waals surface area contributed by atoms with Gasteiger partial charge in [0.05, 0.1) is 47.6 Å². The molecule has 9 nitrogen and oxygen atoms in total. The van der Waals surface area contributed by atoms with Gasteiger partial charge >= 0.3 is 0 Å². The summed E-state index contributed by atoms with van der Waals surface area (Å²) >= 11 is 0. The molecule has 9 heteroatoms. The van der Waals surface area contributed by atoms with E-state index in [0.29, 0.717) is 39.3 Å². The molecular formula is C21H17N5O4. The van der Waals surface area contributed by atoms with E-state index in [1.165, 1.54) is 26.4 Å². The maximum atomic E-state index is 11.7. The van der Waals surface area contributed by atoms with E-state index >= 15 is 0 Å². The van der Waals surface area contributed by atoms with Crippen LogP contribution in [0.4, 0.5) is 11.5 Å². The molecule has 30 heavy (non-hydrogen) atoms. The Balaban J connectivity index is 2.39. The fourth-order valence-corrected chi connectivity index (χ4v) is 3.51. The van der Waals surface area contributed by atoms with Crippen LogP contribution in [0, 0.1) is 39.7 Å². The van der Waals surface area contributed by atoms with E-state index in [-0.39, 0.29) is 28.4 Å². The van der Waals surface area contributed by atoms with Gasteiger partial charge in [-0.1, -0.05) is 0 Å². The van der Waals surface area contributed by atoms with Crippen LogP contribution in [-0.4, -0.2) is 24.1 Å². The molecule has 1 aromatic carbocycles. The number of nitro benzene ring substituents is 1. The number of fused-ring (bicyclic) bond motifs is 1. The minimum Gasteiger partial charge on any atom is -0.493 e. The smallest absolute Gasteiger partial charge is 0.280 e. The van der Waals surface area contributed by atoms with Gasteiger partial charge in [0.1, 0.15) is 18.0 Å². The molecule has 1 heterocycles. The average molecular weight is 403 g/mol. The van der Waals surface area contributed by atoms with E-state index < -0.39 is 4.92 Å². The van der Waals surface area contributed by atoms with Crippen LogP contribution in [0.25, 0.3) is 17.2 Å². The van der Waals surface area contributed by atoms with Gasteiger partial charge in [0.2, 0.25) is 0 Å². The maximum absolute atomic E-state index is 11.7. The quantitative estimate of drug-likeness (QED) is 0.601. The van der Waals surface area contributed by atoms with Crippen molar-refractivity contribution in [1.29, 1.82) is 10.5 Å². The molecule has 2 aromatic rings. The largest absolute Gasteiger partial charge is 0.493 e. The Morgan fingerprint density at radius 2 is 1.80 bits per heavy atom. The number of anilines is 1. The van der Waals surface area contributed by atoms with Crippen molar-refractivity contribution in [3.8, 4) is 23.6 Å². The zero-order chi connectivity index (χ0) is 22.2.